The van der Waals surface area contributed by atoms with Crippen LogP contribution < -0.4 is 0 Å². The number of allylic oxidation sites excluding steroid dienone is 3. The van der Waals surface area contributed by atoms with Crippen molar-refractivity contribution in [2.24, 2.45) is 17.3 Å². The number of esters is 2. The molecule has 0 aliphatic heterocycles. The van der Waals surface area contributed by atoms with Crippen molar-refractivity contribution in [1.82, 2.24) is 0 Å². The molecule has 4 heteroatoms. The van der Waals surface area contributed by atoms with Crippen LogP contribution >= 0.6 is 0 Å². The summed E-state index contributed by atoms with van der Waals surface area (Å²) in [6.07, 6.45) is 3.91. The first-order valence-corrected chi connectivity index (χ1v) is 7.67. The molecule has 0 N–H and O–H groups in total. The number of carbonyl (C=O) groups is 2. The van der Waals surface area contributed by atoms with E-state index in [2.05, 4.69) is 12.7 Å². The Morgan fingerprint density at radius 2 is 1.71 bits per heavy atom. The number of carbonyl (C=O) groups excluding carboxylic acids is 2. The van der Waals surface area contributed by atoms with Crippen LogP contribution in [0, 0.1) is 17.3 Å². The van der Waals surface area contributed by atoms with Crippen LogP contribution in [0.5, 0.6) is 0 Å². The minimum absolute atomic E-state index is 0.185. The van der Waals surface area contributed by atoms with Gasteiger partial charge in [0, 0.05) is 0 Å². The molecule has 0 amide bonds. The Hall–Kier alpha value is -1.58. The summed E-state index contributed by atoms with van der Waals surface area (Å²) < 4.78 is 10.4. The third kappa shape index (κ3) is 2.52. The summed E-state index contributed by atoms with van der Waals surface area (Å²) in [5.74, 6) is -0.483. The molecular formula is C17H24O4. The maximum Gasteiger partial charge on any atom is 0.323 e. The van der Waals surface area contributed by atoms with Gasteiger partial charge in [0.2, 0.25) is 0 Å². The molecule has 116 valence electrons. The molecule has 2 fully saturated rings. The standard InChI is InChI=1S/C17H24O4/c1-5-12-8-11(4)13-9-17(10-14(12)13,15(18)20-6-2)16(19)21-7-3/h5,13-14H,4,6-10H2,1-3H3/b12-5-/t13-,14+/m1/s1. The highest BCUT2D eigenvalue weighted by molar-refractivity contribution is 6.00. The van der Waals surface area contributed by atoms with Crippen LogP contribution in [0.2, 0.25) is 0 Å². The maximum absolute atomic E-state index is 12.4. The molecule has 2 aliphatic carbocycles. The van der Waals surface area contributed by atoms with Crippen molar-refractivity contribution in [3.8, 4) is 0 Å². The van der Waals surface area contributed by atoms with Gasteiger partial charge >= 0.3 is 11.9 Å². The van der Waals surface area contributed by atoms with Crippen LogP contribution in [0.4, 0.5) is 0 Å². The van der Waals surface area contributed by atoms with Gasteiger partial charge in [0.25, 0.3) is 0 Å². The Morgan fingerprint density at radius 3 is 2.19 bits per heavy atom. The Morgan fingerprint density at radius 1 is 1.19 bits per heavy atom. The zero-order chi connectivity index (χ0) is 15.6. The maximum atomic E-state index is 12.4. The van der Waals surface area contributed by atoms with E-state index in [1.807, 2.05) is 6.92 Å². The van der Waals surface area contributed by atoms with E-state index in [9.17, 15) is 9.59 Å². The Kier molecular flexibility index (Phi) is 4.55. The largest absolute Gasteiger partial charge is 0.465 e. The Balaban J connectivity index is 2.34. The lowest BCUT2D eigenvalue weighted by Crippen LogP contribution is -2.40. The van der Waals surface area contributed by atoms with Crippen LogP contribution in [-0.4, -0.2) is 25.2 Å². The summed E-state index contributed by atoms with van der Waals surface area (Å²) in [4.78, 5) is 24.9. The molecule has 0 bridgehead atoms. The molecule has 0 spiro atoms. The third-order valence-corrected chi connectivity index (χ3v) is 4.76. The van der Waals surface area contributed by atoms with Crippen molar-refractivity contribution in [2.45, 2.75) is 40.0 Å². The highest BCUT2D eigenvalue weighted by Crippen LogP contribution is 2.57. The fraction of sp³-hybridized carbons (Fsp3) is 0.647. The molecule has 0 unspecified atom stereocenters. The molecule has 0 aromatic rings. The summed E-state index contributed by atoms with van der Waals surface area (Å²) in [5.41, 5.74) is 1.24. The molecule has 2 rings (SSSR count). The van der Waals surface area contributed by atoms with Crippen molar-refractivity contribution < 1.29 is 19.1 Å². The molecule has 0 saturated heterocycles. The third-order valence-electron chi connectivity index (χ3n) is 4.76. The molecule has 2 atom stereocenters. The number of rotatable bonds is 4. The molecule has 0 radical (unpaired) electrons. The van der Waals surface area contributed by atoms with Crippen molar-refractivity contribution in [3.63, 3.8) is 0 Å². The Labute approximate surface area is 126 Å². The van der Waals surface area contributed by atoms with Crippen LogP contribution in [0.1, 0.15) is 40.0 Å². The van der Waals surface area contributed by atoms with Gasteiger partial charge in [0.1, 0.15) is 0 Å². The number of hydrogen-bond acceptors (Lipinski definition) is 4. The van der Waals surface area contributed by atoms with E-state index in [1.165, 1.54) is 5.57 Å². The summed E-state index contributed by atoms with van der Waals surface area (Å²) in [6.45, 7) is 10.2. The molecule has 4 nitrogen and oxygen atoms in total. The van der Waals surface area contributed by atoms with Gasteiger partial charge in [-0.2, -0.15) is 0 Å². The number of hydrogen-bond donors (Lipinski definition) is 0. The van der Waals surface area contributed by atoms with E-state index in [0.717, 1.165) is 12.0 Å². The number of ether oxygens (including phenoxy) is 2. The van der Waals surface area contributed by atoms with Crippen LogP contribution in [0.15, 0.2) is 23.8 Å². The smallest absolute Gasteiger partial charge is 0.323 e. The normalized spacial score (nSPS) is 28.5. The molecule has 2 saturated carbocycles. The predicted octanol–water partition coefficient (Wildman–Crippen LogP) is 3.03. The highest BCUT2D eigenvalue weighted by Gasteiger charge is 2.60. The first kappa shape index (κ1) is 15.8. The fourth-order valence-electron chi connectivity index (χ4n) is 3.73. The van der Waals surface area contributed by atoms with Crippen molar-refractivity contribution >= 4 is 11.9 Å². The lowest BCUT2D eigenvalue weighted by molar-refractivity contribution is -0.172. The topological polar surface area (TPSA) is 52.6 Å². The second-order valence-electron chi connectivity index (χ2n) is 5.84. The van der Waals surface area contributed by atoms with Crippen molar-refractivity contribution in [3.05, 3.63) is 23.8 Å². The molecule has 0 aromatic heterocycles. The van der Waals surface area contributed by atoms with E-state index in [1.54, 1.807) is 13.8 Å². The van der Waals surface area contributed by atoms with E-state index in [0.29, 0.717) is 12.8 Å². The quantitative estimate of drug-likeness (QED) is 0.454. The van der Waals surface area contributed by atoms with Crippen LogP contribution in [0.3, 0.4) is 0 Å². The zero-order valence-electron chi connectivity index (χ0n) is 13.1. The van der Waals surface area contributed by atoms with Crippen LogP contribution in [-0.2, 0) is 19.1 Å². The summed E-state index contributed by atoms with van der Waals surface area (Å²) in [5, 5.41) is 0. The van der Waals surface area contributed by atoms with Gasteiger partial charge in [0.05, 0.1) is 13.2 Å². The van der Waals surface area contributed by atoms with Gasteiger partial charge in [-0.3, -0.25) is 9.59 Å². The minimum Gasteiger partial charge on any atom is -0.465 e. The summed E-state index contributed by atoms with van der Waals surface area (Å²) >= 11 is 0. The molecule has 0 aromatic carbocycles. The average Bonchev–Trinajstić information content (AvgIpc) is 2.98. The molecular weight excluding hydrogens is 268 g/mol. The molecule has 0 heterocycles. The lowest BCUT2D eigenvalue weighted by atomic mass is 9.82. The van der Waals surface area contributed by atoms with Crippen LogP contribution in [0.25, 0.3) is 0 Å². The zero-order valence-corrected chi connectivity index (χ0v) is 13.1. The Bertz CT molecular complexity index is 471. The van der Waals surface area contributed by atoms with Gasteiger partial charge < -0.3 is 9.47 Å². The highest BCUT2D eigenvalue weighted by atomic mass is 16.6. The van der Waals surface area contributed by atoms with E-state index in [4.69, 9.17) is 9.47 Å². The van der Waals surface area contributed by atoms with E-state index in [-0.39, 0.29) is 25.0 Å². The van der Waals surface area contributed by atoms with Crippen molar-refractivity contribution in [1.29, 1.82) is 0 Å². The van der Waals surface area contributed by atoms with Gasteiger partial charge in [-0.15, -0.1) is 0 Å². The lowest BCUT2D eigenvalue weighted by Gasteiger charge is -2.25. The SMILES string of the molecule is C=C1C/C(=C/C)[C@@H]2CC(C(=O)OCC)(C(=O)OCC)C[C@H]12. The van der Waals surface area contributed by atoms with E-state index >= 15 is 0 Å². The van der Waals surface area contributed by atoms with E-state index < -0.39 is 17.4 Å². The summed E-state index contributed by atoms with van der Waals surface area (Å²) in [7, 11) is 0. The van der Waals surface area contributed by atoms with Gasteiger partial charge in [0.15, 0.2) is 5.41 Å². The van der Waals surface area contributed by atoms with Gasteiger partial charge in [-0.25, -0.2) is 0 Å². The second-order valence-corrected chi connectivity index (χ2v) is 5.84. The predicted molar refractivity (Wildman–Crippen MR) is 79.4 cm³/mol. The molecule has 21 heavy (non-hydrogen) atoms. The average molecular weight is 292 g/mol. The molecule has 2 aliphatic rings. The second kappa shape index (κ2) is 6.04. The monoisotopic (exact) mass is 292 g/mol. The first-order valence-electron chi connectivity index (χ1n) is 7.67. The van der Waals surface area contributed by atoms with Gasteiger partial charge in [-0.05, 0) is 51.9 Å². The fourth-order valence-corrected chi connectivity index (χ4v) is 3.73. The van der Waals surface area contributed by atoms with Crippen molar-refractivity contribution in [2.75, 3.05) is 13.2 Å². The number of fused-ring (bicyclic) bond motifs is 1. The van der Waals surface area contributed by atoms with Gasteiger partial charge in [-0.1, -0.05) is 23.8 Å². The first-order chi connectivity index (χ1) is 10.00. The minimum atomic E-state index is -1.15. The summed E-state index contributed by atoms with van der Waals surface area (Å²) in [6, 6.07) is 0.